The van der Waals surface area contributed by atoms with Crippen molar-refractivity contribution in [2.45, 2.75) is 76.4 Å². The number of nitrogens with zero attached hydrogens (tertiary/aromatic N) is 2. The maximum atomic E-state index is 13.0. The summed E-state index contributed by atoms with van der Waals surface area (Å²) in [5.74, 6) is -0.109. The molecule has 0 N–H and O–H groups in total. The molecule has 2 saturated heterocycles. The SMILES string of the molecule is CC(C)(C)OC(=O)N1C2CCC1CC(Oc1cc(C(F)(F)F)c(Cl)cn1)C2. The van der Waals surface area contributed by atoms with Gasteiger partial charge < -0.3 is 14.4 Å². The summed E-state index contributed by atoms with van der Waals surface area (Å²) in [5.41, 5.74) is -1.55. The van der Waals surface area contributed by atoms with Crippen LogP contribution >= 0.6 is 11.6 Å². The highest BCUT2D eigenvalue weighted by Gasteiger charge is 2.45. The zero-order valence-electron chi connectivity index (χ0n) is 15.3. The van der Waals surface area contributed by atoms with E-state index in [1.807, 2.05) is 20.8 Å². The molecule has 2 aliphatic rings. The Balaban J connectivity index is 1.68. The zero-order valence-corrected chi connectivity index (χ0v) is 16.1. The molecule has 2 aliphatic heterocycles. The number of piperidine rings is 1. The molecule has 1 amide bonds. The van der Waals surface area contributed by atoms with E-state index in [1.54, 1.807) is 4.90 Å². The highest BCUT2D eigenvalue weighted by atomic mass is 35.5. The van der Waals surface area contributed by atoms with Crippen molar-refractivity contribution in [2.24, 2.45) is 0 Å². The lowest BCUT2D eigenvalue weighted by molar-refractivity contribution is -0.137. The third-order valence-corrected chi connectivity index (χ3v) is 5.02. The van der Waals surface area contributed by atoms with E-state index < -0.39 is 22.4 Å². The monoisotopic (exact) mass is 406 g/mol. The Bertz CT molecular complexity index is 707. The first-order valence-corrected chi connectivity index (χ1v) is 9.22. The minimum absolute atomic E-state index is 0.0435. The third-order valence-electron chi connectivity index (χ3n) is 4.72. The van der Waals surface area contributed by atoms with Gasteiger partial charge in [0, 0.05) is 31.0 Å². The van der Waals surface area contributed by atoms with Crippen molar-refractivity contribution >= 4 is 17.7 Å². The zero-order chi connectivity index (χ0) is 20.0. The molecule has 2 bridgehead atoms. The Morgan fingerprint density at radius 1 is 1.22 bits per heavy atom. The molecule has 3 heterocycles. The van der Waals surface area contributed by atoms with Gasteiger partial charge >= 0.3 is 12.3 Å². The normalized spacial score (nSPS) is 25.4. The van der Waals surface area contributed by atoms with Crippen LogP contribution in [0.25, 0.3) is 0 Å². The summed E-state index contributed by atoms with van der Waals surface area (Å²) in [6, 6.07) is 0.737. The standard InChI is InChI=1S/C18H22ClF3N2O3/c1-17(2,3)27-16(25)24-10-4-5-11(24)7-12(6-10)26-15-8-13(18(20,21)22)14(19)9-23-15/h8-12H,4-7H2,1-3H3. The molecule has 2 fully saturated rings. The van der Waals surface area contributed by atoms with Crippen molar-refractivity contribution in [2.75, 3.05) is 0 Å². The Morgan fingerprint density at radius 2 is 1.81 bits per heavy atom. The van der Waals surface area contributed by atoms with Gasteiger partial charge in [0.25, 0.3) is 0 Å². The van der Waals surface area contributed by atoms with Gasteiger partial charge in [0.1, 0.15) is 11.7 Å². The molecule has 0 saturated carbocycles. The van der Waals surface area contributed by atoms with Gasteiger partial charge in [0.2, 0.25) is 5.88 Å². The predicted octanol–water partition coefficient (Wildman–Crippen LogP) is 5.06. The number of hydrogen-bond donors (Lipinski definition) is 0. The number of halogens is 4. The van der Waals surface area contributed by atoms with Crippen LogP contribution < -0.4 is 4.74 Å². The molecular weight excluding hydrogens is 385 g/mol. The fraction of sp³-hybridized carbons (Fsp3) is 0.667. The molecule has 2 unspecified atom stereocenters. The molecular formula is C18H22ClF3N2O3. The third kappa shape index (κ3) is 4.59. The number of carbonyl (C=O) groups is 1. The Morgan fingerprint density at radius 3 is 2.33 bits per heavy atom. The summed E-state index contributed by atoms with van der Waals surface area (Å²) in [7, 11) is 0. The van der Waals surface area contributed by atoms with Gasteiger partial charge in [0.05, 0.1) is 16.8 Å². The van der Waals surface area contributed by atoms with Gasteiger partial charge in [0.15, 0.2) is 0 Å². The van der Waals surface area contributed by atoms with Gasteiger partial charge in [-0.3, -0.25) is 0 Å². The molecule has 0 aromatic carbocycles. The minimum Gasteiger partial charge on any atom is -0.474 e. The van der Waals surface area contributed by atoms with Crippen LogP contribution in [0.2, 0.25) is 5.02 Å². The second kappa shape index (κ2) is 7.04. The van der Waals surface area contributed by atoms with Crippen LogP contribution in [0.3, 0.4) is 0 Å². The van der Waals surface area contributed by atoms with E-state index in [-0.39, 0.29) is 30.2 Å². The number of fused-ring (bicyclic) bond motifs is 2. The van der Waals surface area contributed by atoms with Crippen molar-refractivity contribution in [1.82, 2.24) is 9.88 Å². The summed E-state index contributed by atoms with van der Waals surface area (Å²) < 4.78 is 50.2. The van der Waals surface area contributed by atoms with E-state index in [9.17, 15) is 18.0 Å². The van der Waals surface area contributed by atoms with E-state index in [0.717, 1.165) is 25.1 Å². The smallest absolute Gasteiger partial charge is 0.418 e. The largest absolute Gasteiger partial charge is 0.474 e. The number of alkyl halides is 3. The molecule has 27 heavy (non-hydrogen) atoms. The van der Waals surface area contributed by atoms with Crippen molar-refractivity contribution in [1.29, 1.82) is 0 Å². The van der Waals surface area contributed by atoms with Crippen molar-refractivity contribution in [3.63, 3.8) is 0 Å². The molecule has 0 radical (unpaired) electrons. The molecule has 2 atom stereocenters. The van der Waals surface area contributed by atoms with Crippen LogP contribution in [0.1, 0.15) is 52.0 Å². The average molecular weight is 407 g/mol. The summed E-state index contributed by atoms with van der Waals surface area (Å²) >= 11 is 5.59. The van der Waals surface area contributed by atoms with Crippen LogP contribution in [0.15, 0.2) is 12.3 Å². The maximum Gasteiger partial charge on any atom is 0.418 e. The summed E-state index contributed by atoms with van der Waals surface area (Å²) in [6.45, 7) is 5.44. The second-order valence-electron chi connectivity index (χ2n) is 7.98. The van der Waals surface area contributed by atoms with Crippen molar-refractivity contribution in [3.8, 4) is 5.88 Å². The lowest BCUT2D eigenvalue weighted by Gasteiger charge is -2.39. The van der Waals surface area contributed by atoms with Crippen molar-refractivity contribution < 1.29 is 27.4 Å². The van der Waals surface area contributed by atoms with Gasteiger partial charge in [-0.1, -0.05) is 11.6 Å². The number of hydrogen-bond acceptors (Lipinski definition) is 4. The fourth-order valence-electron chi connectivity index (χ4n) is 3.71. The fourth-order valence-corrected chi connectivity index (χ4v) is 3.92. The van der Waals surface area contributed by atoms with E-state index in [4.69, 9.17) is 21.1 Å². The lowest BCUT2D eigenvalue weighted by atomic mass is 10.0. The van der Waals surface area contributed by atoms with Gasteiger partial charge in [-0.25, -0.2) is 9.78 Å². The average Bonchev–Trinajstić information content (AvgIpc) is 2.78. The van der Waals surface area contributed by atoms with Crippen LogP contribution in [-0.2, 0) is 10.9 Å². The molecule has 0 aliphatic carbocycles. The highest BCUT2D eigenvalue weighted by molar-refractivity contribution is 6.31. The number of carbonyl (C=O) groups excluding carboxylic acids is 1. The summed E-state index contributed by atoms with van der Waals surface area (Å²) in [4.78, 5) is 18.1. The summed E-state index contributed by atoms with van der Waals surface area (Å²) in [5, 5.41) is -0.463. The molecule has 3 rings (SSSR count). The molecule has 1 aromatic heterocycles. The quantitative estimate of drug-likeness (QED) is 0.688. The number of rotatable bonds is 2. The number of ether oxygens (including phenoxy) is 2. The highest BCUT2D eigenvalue weighted by Crippen LogP contribution is 2.39. The van der Waals surface area contributed by atoms with Crippen LogP contribution in [-0.4, -0.2) is 39.8 Å². The van der Waals surface area contributed by atoms with Gasteiger partial charge in [-0.15, -0.1) is 0 Å². The molecule has 9 heteroatoms. The number of amides is 1. The van der Waals surface area contributed by atoms with E-state index in [1.165, 1.54) is 0 Å². The van der Waals surface area contributed by atoms with Crippen LogP contribution in [0.4, 0.5) is 18.0 Å². The molecule has 150 valence electrons. The van der Waals surface area contributed by atoms with Crippen LogP contribution in [0, 0.1) is 0 Å². The van der Waals surface area contributed by atoms with E-state index in [2.05, 4.69) is 4.98 Å². The van der Waals surface area contributed by atoms with E-state index in [0.29, 0.717) is 12.8 Å². The van der Waals surface area contributed by atoms with Crippen molar-refractivity contribution in [3.05, 3.63) is 22.8 Å². The molecule has 5 nitrogen and oxygen atoms in total. The number of pyridine rings is 1. The molecule has 1 aromatic rings. The van der Waals surface area contributed by atoms with E-state index >= 15 is 0 Å². The van der Waals surface area contributed by atoms with Gasteiger partial charge in [-0.05, 0) is 33.6 Å². The maximum absolute atomic E-state index is 13.0. The number of aromatic nitrogens is 1. The predicted molar refractivity (Wildman–Crippen MR) is 92.8 cm³/mol. The van der Waals surface area contributed by atoms with Gasteiger partial charge in [-0.2, -0.15) is 13.2 Å². The van der Waals surface area contributed by atoms with Crippen LogP contribution in [0.5, 0.6) is 5.88 Å². The first-order chi connectivity index (χ1) is 12.4. The molecule has 0 spiro atoms. The minimum atomic E-state index is -4.57. The Kier molecular flexibility index (Phi) is 5.22. The first kappa shape index (κ1) is 20.0. The second-order valence-corrected chi connectivity index (χ2v) is 8.39. The lowest BCUT2D eigenvalue weighted by Crippen LogP contribution is -2.50. The summed E-state index contributed by atoms with van der Waals surface area (Å²) in [6.07, 6.45) is -1.57. The first-order valence-electron chi connectivity index (χ1n) is 8.85. The Labute approximate surface area is 160 Å². The Hall–Kier alpha value is -1.70. The topological polar surface area (TPSA) is 51.7 Å².